The summed E-state index contributed by atoms with van der Waals surface area (Å²) in [6.45, 7) is 3.24. The summed E-state index contributed by atoms with van der Waals surface area (Å²) in [7, 11) is -1.19. The van der Waals surface area contributed by atoms with Crippen LogP contribution in [0.4, 0.5) is 11.4 Å². The Morgan fingerprint density at radius 2 is 2.03 bits per heavy atom. The van der Waals surface area contributed by atoms with E-state index in [0.717, 1.165) is 46.4 Å². The Kier molecular flexibility index (Phi) is 5.23. The van der Waals surface area contributed by atoms with Gasteiger partial charge >= 0.3 is 0 Å². The van der Waals surface area contributed by atoms with Gasteiger partial charge in [0.1, 0.15) is 11.0 Å². The fourth-order valence-electron chi connectivity index (χ4n) is 4.26. The Bertz CT molecular complexity index is 1250. The molecular formula is C23H25N5O2S. The van der Waals surface area contributed by atoms with Gasteiger partial charge in [-0.25, -0.2) is 4.21 Å². The highest BCUT2D eigenvalue weighted by Crippen LogP contribution is 2.35. The Balaban J connectivity index is 1.49. The van der Waals surface area contributed by atoms with E-state index in [2.05, 4.69) is 37.7 Å². The molecule has 31 heavy (non-hydrogen) atoms. The third-order valence-electron chi connectivity index (χ3n) is 5.85. The normalized spacial score (nSPS) is 17.7. The van der Waals surface area contributed by atoms with E-state index in [1.165, 1.54) is 12.8 Å². The van der Waals surface area contributed by atoms with E-state index in [9.17, 15) is 4.21 Å². The van der Waals surface area contributed by atoms with Gasteiger partial charge in [0.05, 0.1) is 11.4 Å². The number of aromatic amines is 1. The fraction of sp³-hybridized carbons (Fsp3) is 0.304. The third-order valence-corrected chi connectivity index (χ3v) is 6.35. The van der Waals surface area contributed by atoms with Crippen LogP contribution in [0.1, 0.15) is 26.2 Å². The van der Waals surface area contributed by atoms with Gasteiger partial charge < -0.3 is 19.1 Å². The molecule has 1 saturated heterocycles. The van der Waals surface area contributed by atoms with Crippen molar-refractivity contribution in [1.82, 2.24) is 15.1 Å². The van der Waals surface area contributed by atoms with Crippen LogP contribution in [0, 0.1) is 0 Å². The summed E-state index contributed by atoms with van der Waals surface area (Å²) >= 11 is 0. The van der Waals surface area contributed by atoms with Crippen molar-refractivity contribution in [1.29, 1.82) is 0 Å². The van der Waals surface area contributed by atoms with Crippen LogP contribution in [-0.4, -0.2) is 38.2 Å². The van der Waals surface area contributed by atoms with Gasteiger partial charge in [0.15, 0.2) is 0 Å². The highest BCUT2D eigenvalue weighted by Gasteiger charge is 2.22. The van der Waals surface area contributed by atoms with Crippen molar-refractivity contribution >= 4 is 33.3 Å². The monoisotopic (exact) mass is 435 g/mol. The third kappa shape index (κ3) is 3.95. The second kappa shape index (κ2) is 8.19. The number of aromatic nitrogens is 3. The van der Waals surface area contributed by atoms with E-state index < -0.39 is 11.0 Å². The molecule has 2 aromatic carbocycles. The molecule has 7 nitrogen and oxygen atoms in total. The fourth-order valence-corrected chi connectivity index (χ4v) is 4.74. The van der Waals surface area contributed by atoms with Crippen molar-refractivity contribution in [3.05, 3.63) is 48.7 Å². The van der Waals surface area contributed by atoms with E-state index in [4.69, 9.17) is 4.52 Å². The molecule has 0 spiro atoms. The number of hydrogen-bond donors (Lipinski definition) is 2. The van der Waals surface area contributed by atoms with Crippen LogP contribution in [0.5, 0.6) is 0 Å². The quantitative estimate of drug-likeness (QED) is 0.462. The standard InChI is InChI=1S/C23H25N5O2S/c1-15-5-3-4-12-28(15)21-9-7-18(14-20(21)27-31(2)29)23-25-22(26-30-23)17-6-8-19-16(13-17)10-11-24-19/h6-11,13-15,24,27H,3-5,12H2,1-2H3. The van der Waals surface area contributed by atoms with Crippen molar-refractivity contribution in [3.8, 4) is 22.8 Å². The topological polar surface area (TPSA) is 87.1 Å². The number of nitrogens with one attached hydrogen (secondary N) is 2. The lowest BCUT2D eigenvalue weighted by Gasteiger charge is -2.36. The molecule has 0 radical (unpaired) electrons. The molecule has 3 heterocycles. The van der Waals surface area contributed by atoms with Crippen LogP contribution in [0.2, 0.25) is 0 Å². The number of fused-ring (bicyclic) bond motifs is 1. The summed E-state index contributed by atoms with van der Waals surface area (Å²) in [4.78, 5) is 10.2. The summed E-state index contributed by atoms with van der Waals surface area (Å²) in [6, 6.07) is 14.5. The summed E-state index contributed by atoms with van der Waals surface area (Å²) in [5.74, 6) is 0.979. The molecule has 0 amide bonds. The number of hydrogen-bond acceptors (Lipinski definition) is 5. The Morgan fingerprint density at radius 3 is 2.87 bits per heavy atom. The van der Waals surface area contributed by atoms with Gasteiger partial charge in [-0.05, 0) is 68.7 Å². The second-order valence-electron chi connectivity index (χ2n) is 8.03. The molecule has 0 saturated carbocycles. The molecular weight excluding hydrogens is 410 g/mol. The first-order chi connectivity index (χ1) is 15.1. The number of nitrogens with zero attached hydrogens (tertiary/aromatic N) is 3. The lowest BCUT2D eigenvalue weighted by Crippen LogP contribution is -2.37. The molecule has 4 aromatic rings. The van der Waals surface area contributed by atoms with Gasteiger partial charge in [-0.1, -0.05) is 5.16 Å². The number of H-pyrrole nitrogens is 1. The largest absolute Gasteiger partial charge is 0.367 e. The molecule has 2 atom stereocenters. The van der Waals surface area contributed by atoms with Crippen molar-refractivity contribution in [2.24, 2.45) is 0 Å². The number of rotatable bonds is 5. The molecule has 0 aliphatic carbocycles. The van der Waals surface area contributed by atoms with E-state index in [0.29, 0.717) is 17.8 Å². The average Bonchev–Trinajstić information content (AvgIpc) is 3.43. The molecule has 1 fully saturated rings. The van der Waals surface area contributed by atoms with Crippen molar-refractivity contribution in [2.75, 3.05) is 22.4 Å². The van der Waals surface area contributed by atoms with Crippen LogP contribution < -0.4 is 9.62 Å². The zero-order valence-corrected chi connectivity index (χ0v) is 18.4. The maximum Gasteiger partial charge on any atom is 0.258 e. The molecule has 2 N–H and O–H groups in total. The number of benzene rings is 2. The molecule has 2 unspecified atom stereocenters. The van der Waals surface area contributed by atoms with Crippen LogP contribution in [0.25, 0.3) is 33.7 Å². The highest BCUT2D eigenvalue weighted by atomic mass is 32.2. The van der Waals surface area contributed by atoms with Gasteiger partial charge in [-0.15, -0.1) is 0 Å². The molecule has 2 aromatic heterocycles. The molecule has 8 heteroatoms. The van der Waals surface area contributed by atoms with Crippen molar-refractivity contribution < 1.29 is 8.73 Å². The predicted octanol–water partition coefficient (Wildman–Crippen LogP) is 4.97. The van der Waals surface area contributed by atoms with Gasteiger partial charge in [0.25, 0.3) is 5.89 Å². The average molecular weight is 436 g/mol. The van der Waals surface area contributed by atoms with Crippen LogP contribution in [0.3, 0.4) is 0 Å². The summed E-state index contributed by atoms with van der Waals surface area (Å²) in [5, 5.41) is 5.28. The number of piperidine rings is 1. The number of anilines is 2. The smallest absolute Gasteiger partial charge is 0.258 e. The second-order valence-corrected chi connectivity index (χ2v) is 9.14. The van der Waals surface area contributed by atoms with E-state index in [1.807, 2.05) is 42.6 Å². The Morgan fingerprint density at radius 1 is 1.16 bits per heavy atom. The zero-order valence-electron chi connectivity index (χ0n) is 17.6. The van der Waals surface area contributed by atoms with E-state index >= 15 is 0 Å². The minimum Gasteiger partial charge on any atom is -0.367 e. The predicted molar refractivity (Wildman–Crippen MR) is 125 cm³/mol. The lowest BCUT2D eigenvalue weighted by molar-refractivity contribution is 0.432. The van der Waals surface area contributed by atoms with Crippen LogP contribution in [0.15, 0.2) is 53.2 Å². The highest BCUT2D eigenvalue weighted by molar-refractivity contribution is 7.85. The van der Waals surface area contributed by atoms with Gasteiger partial charge in [-0.3, -0.25) is 0 Å². The Labute approximate surface area is 183 Å². The minimum absolute atomic E-state index is 0.437. The first-order valence-corrected chi connectivity index (χ1v) is 12.1. The molecule has 5 rings (SSSR count). The van der Waals surface area contributed by atoms with Crippen molar-refractivity contribution in [3.63, 3.8) is 0 Å². The molecule has 1 aliphatic rings. The van der Waals surface area contributed by atoms with Gasteiger partial charge in [0, 0.05) is 47.1 Å². The summed E-state index contributed by atoms with van der Waals surface area (Å²) in [5.41, 5.74) is 4.64. The maximum atomic E-state index is 12.0. The zero-order chi connectivity index (χ0) is 21.4. The van der Waals surface area contributed by atoms with Gasteiger partial charge in [-0.2, -0.15) is 4.98 Å². The first-order valence-electron chi connectivity index (χ1n) is 10.5. The van der Waals surface area contributed by atoms with Crippen molar-refractivity contribution in [2.45, 2.75) is 32.2 Å². The van der Waals surface area contributed by atoms with Gasteiger partial charge in [0.2, 0.25) is 5.82 Å². The molecule has 160 valence electrons. The van der Waals surface area contributed by atoms with E-state index in [1.54, 1.807) is 6.26 Å². The van der Waals surface area contributed by atoms with Crippen LogP contribution >= 0.6 is 0 Å². The summed E-state index contributed by atoms with van der Waals surface area (Å²) in [6.07, 6.45) is 7.12. The SMILES string of the molecule is CC1CCCCN1c1ccc(-c2nc(-c3ccc4[nH]ccc4c3)no2)cc1NS(C)=O. The maximum absolute atomic E-state index is 12.0. The lowest BCUT2D eigenvalue weighted by atomic mass is 10.0. The minimum atomic E-state index is -1.19. The van der Waals surface area contributed by atoms with E-state index in [-0.39, 0.29) is 0 Å². The Hall–Kier alpha value is -3.13. The molecule has 1 aliphatic heterocycles. The summed E-state index contributed by atoms with van der Waals surface area (Å²) < 4.78 is 20.7. The molecule has 0 bridgehead atoms. The first kappa shape index (κ1) is 19.8. The van der Waals surface area contributed by atoms with Crippen LogP contribution in [-0.2, 0) is 11.0 Å².